The van der Waals surface area contributed by atoms with Gasteiger partial charge < -0.3 is 20.5 Å². The summed E-state index contributed by atoms with van der Waals surface area (Å²) in [5, 5.41) is 15.3. The Balaban J connectivity index is 1.90. The van der Waals surface area contributed by atoms with Crippen molar-refractivity contribution in [2.24, 2.45) is 0 Å². The smallest absolute Gasteiger partial charge is 0.338 e. The van der Waals surface area contributed by atoms with Gasteiger partial charge >= 0.3 is 12.1 Å². The van der Waals surface area contributed by atoms with Gasteiger partial charge in [-0.15, -0.1) is 0 Å². The van der Waals surface area contributed by atoms with Gasteiger partial charge in [0.25, 0.3) is 0 Å². The first-order chi connectivity index (χ1) is 14.1. The topological polar surface area (TPSA) is 111 Å². The second-order valence-corrected chi connectivity index (χ2v) is 7.80. The molecule has 8 nitrogen and oxygen atoms in total. The van der Waals surface area contributed by atoms with E-state index in [-0.39, 0.29) is 12.8 Å². The molecule has 0 saturated carbocycles. The van der Waals surface area contributed by atoms with E-state index in [0.717, 1.165) is 9.48 Å². The zero-order valence-corrected chi connectivity index (χ0v) is 18.0. The molecule has 30 heavy (non-hydrogen) atoms. The monoisotopic (exact) mass is 480 g/mol. The maximum atomic E-state index is 13.4. The maximum absolute atomic E-state index is 13.4. The number of rotatable bonds is 6. The van der Waals surface area contributed by atoms with Crippen LogP contribution in [0.4, 0.5) is 19.7 Å². The van der Waals surface area contributed by atoms with Gasteiger partial charge in [-0.05, 0) is 61.7 Å². The predicted octanol–water partition coefficient (Wildman–Crippen LogP) is 3.56. The maximum Gasteiger partial charge on any atom is 0.338 e. The quantitative estimate of drug-likeness (QED) is 0.374. The van der Waals surface area contributed by atoms with Crippen molar-refractivity contribution in [1.82, 2.24) is 15.8 Å². The summed E-state index contributed by atoms with van der Waals surface area (Å²) in [5.41, 5.74) is 2.19. The number of hydrogen-bond acceptors (Lipinski definition) is 4. The first kappa shape index (κ1) is 23.1. The van der Waals surface area contributed by atoms with Gasteiger partial charge in [0.05, 0.1) is 5.54 Å². The molecular formula is C20H22BrFN4O4. The van der Waals surface area contributed by atoms with Gasteiger partial charge in [0.15, 0.2) is 11.6 Å². The molecular weight excluding hydrogens is 459 g/mol. The number of hydrogen-bond donors (Lipinski definition) is 4. The van der Waals surface area contributed by atoms with Crippen molar-refractivity contribution in [2.45, 2.75) is 25.3 Å². The number of aldehydes is 1. The average Bonchev–Trinajstić information content (AvgIpc) is 2.70. The average molecular weight is 481 g/mol. The molecule has 10 heteroatoms. The second-order valence-electron chi connectivity index (χ2n) is 6.88. The number of amides is 4. The summed E-state index contributed by atoms with van der Waals surface area (Å²) in [7, 11) is 1.33. The Bertz CT molecular complexity index is 926. The van der Waals surface area contributed by atoms with Gasteiger partial charge in [-0.25, -0.2) is 24.4 Å². The van der Waals surface area contributed by atoms with E-state index in [1.807, 2.05) is 0 Å². The number of anilines is 1. The molecule has 4 amide bonds. The zero-order valence-electron chi connectivity index (χ0n) is 16.4. The number of carbonyl (C=O) groups is 3. The van der Waals surface area contributed by atoms with Crippen LogP contribution < -0.4 is 16.1 Å². The molecule has 0 aliphatic heterocycles. The van der Waals surface area contributed by atoms with E-state index in [0.29, 0.717) is 17.5 Å². The van der Waals surface area contributed by atoms with E-state index in [4.69, 9.17) is 0 Å². The molecule has 0 heterocycles. The number of phenols is 1. The summed E-state index contributed by atoms with van der Waals surface area (Å²) in [4.78, 5) is 36.0. The van der Waals surface area contributed by atoms with Crippen molar-refractivity contribution in [3.05, 3.63) is 58.3 Å². The second kappa shape index (κ2) is 10.1. The van der Waals surface area contributed by atoms with Gasteiger partial charge in [-0.2, -0.15) is 0 Å². The highest BCUT2D eigenvalue weighted by atomic mass is 79.9. The number of halogens is 2. The van der Waals surface area contributed by atoms with Crippen LogP contribution in [0.25, 0.3) is 0 Å². The molecule has 2 aromatic rings. The van der Waals surface area contributed by atoms with Crippen molar-refractivity contribution in [3.8, 4) is 5.75 Å². The lowest BCUT2D eigenvalue weighted by Gasteiger charge is -2.28. The van der Waals surface area contributed by atoms with Crippen LogP contribution in [0, 0.1) is 5.82 Å². The van der Waals surface area contributed by atoms with Crippen LogP contribution >= 0.6 is 15.9 Å². The first-order valence-corrected chi connectivity index (χ1v) is 9.74. The predicted molar refractivity (Wildman–Crippen MR) is 113 cm³/mol. The third-order valence-electron chi connectivity index (χ3n) is 4.27. The number of urea groups is 2. The lowest BCUT2D eigenvalue weighted by Crippen LogP contribution is -2.56. The third kappa shape index (κ3) is 6.73. The SMILES string of the molecule is CN(NC(=O)Nc1ccc(Br)cc1)C(=O)NC(C)(C=O)CCc1ccc(O)c(F)c1. The minimum atomic E-state index is -1.25. The van der Waals surface area contributed by atoms with Crippen molar-refractivity contribution in [2.75, 3.05) is 12.4 Å². The Morgan fingerprint density at radius 2 is 1.90 bits per heavy atom. The Morgan fingerprint density at radius 1 is 1.23 bits per heavy atom. The summed E-state index contributed by atoms with van der Waals surface area (Å²) in [6.45, 7) is 1.52. The van der Waals surface area contributed by atoms with Crippen LogP contribution in [0.5, 0.6) is 5.75 Å². The Kier molecular flexibility index (Phi) is 7.76. The molecule has 0 bridgehead atoms. The fourth-order valence-electron chi connectivity index (χ4n) is 2.48. The molecule has 160 valence electrons. The minimum Gasteiger partial charge on any atom is -0.505 e. The van der Waals surface area contributed by atoms with Crippen LogP contribution in [-0.2, 0) is 11.2 Å². The number of benzene rings is 2. The molecule has 4 N–H and O–H groups in total. The van der Waals surface area contributed by atoms with Gasteiger partial charge in [0.2, 0.25) is 0 Å². The summed E-state index contributed by atoms with van der Waals surface area (Å²) >= 11 is 3.29. The molecule has 0 fully saturated rings. The number of nitrogens with zero attached hydrogens (tertiary/aromatic N) is 1. The van der Waals surface area contributed by atoms with Crippen molar-refractivity contribution < 1.29 is 23.9 Å². The van der Waals surface area contributed by atoms with E-state index in [1.165, 1.54) is 32.2 Å². The largest absolute Gasteiger partial charge is 0.505 e. The van der Waals surface area contributed by atoms with E-state index < -0.39 is 29.2 Å². The number of aryl methyl sites for hydroxylation is 1. The molecule has 1 atom stereocenters. The summed E-state index contributed by atoms with van der Waals surface area (Å²) < 4.78 is 14.3. The Morgan fingerprint density at radius 3 is 2.50 bits per heavy atom. The van der Waals surface area contributed by atoms with Crippen LogP contribution in [0.2, 0.25) is 0 Å². The van der Waals surface area contributed by atoms with Crippen LogP contribution in [0.3, 0.4) is 0 Å². The van der Waals surface area contributed by atoms with Gasteiger partial charge in [-0.3, -0.25) is 0 Å². The Labute approximate surface area is 181 Å². The lowest BCUT2D eigenvalue weighted by atomic mass is 9.94. The highest BCUT2D eigenvalue weighted by Gasteiger charge is 2.27. The van der Waals surface area contributed by atoms with Crippen molar-refractivity contribution in [3.63, 3.8) is 0 Å². The van der Waals surface area contributed by atoms with E-state index in [9.17, 15) is 23.9 Å². The number of aromatic hydroxyl groups is 1. The molecule has 0 aliphatic carbocycles. The molecule has 0 radical (unpaired) electrons. The van der Waals surface area contributed by atoms with E-state index in [2.05, 4.69) is 32.0 Å². The van der Waals surface area contributed by atoms with E-state index in [1.54, 1.807) is 24.3 Å². The van der Waals surface area contributed by atoms with Gasteiger partial charge in [-0.1, -0.05) is 22.0 Å². The van der Waals surface area contributed by atoms with Gasteiger partial charge in [0.1, 0.15) is 6.29 Å². The fraction of sp³-hybridized carbons (Fsp3) is 0.250. The lowest BCUT2D eigenvalue weighted by molar-refractivity contribution is -0.112. The highest BCUT2D eigenvalue weighted by Crippen LogP contribution is 2.19. The molecule has 2 rings (SSSR count). The molecule has 2 aromatic carbocycles. The summed E-state index contributed by atoms with van der Waals surface area (Å²) in [6.07, 6.45) is 1.05. The third-order valence-corrected chi connectivity index (χ3v) is 4.80. The van der Waals surface area contributed by atoms with Crippen LogP contribution in [0.15, 0.2) is 46.9 Å². The van der Waals surface area contributed by atoms with Crippen molar-refractivity contribution >= 4 is 40.0 Å². The Hall–Kier alpha value is -3.14. The molecule has 0 aromatic heterocycles. The minimum absolute atomic E-state index is 0.186. The normalized spacial score (nSPS) is 12.4. The summed E-state index contributed by atoms with van der Waals surface area (Å²) in [6, 6.07) is 9.45. The standard InChI is InChI=1S/C20H22BrFN4O4/c1-20(12-27,10-9-13-3-8-17(28)16(22)11-13)24-19(30)26(2)25-18(29)23-15-6-4-14(21)5-7-15/h3-8,11-12,28H,9-10H2,1-2H3,(H,24,30)(H2,23,25,29). The zero-order chi connectivity index (χ0) is 22.3. The number of hydrazine groups is 1. The first-order valence-electron chi connectivity index (χ1n) is 8.95. The highest BCUT2D eigenvalue weighted by molar-refractivity contribution is 9.10. The molecule has 1 unspecified atom stereocenters. The van der Waals surface area contributed by atoms with Crippen LogP contribution in [-0.4, -0.2) is 41.1 Å². The number of nitrogens with one attached hydrogen (secondary N) is 3. The van der Waals surface area contributed by atoms with Crippen LogP contribution in [0.1, 0.15) is 18.9 Å². The molecule has 0 saturated heterocycles. The number of carbonyl (C=O) groups excluding carboxylic acids is 3. The molecule has 0 spiro atoms. The molecule has 0 aliphatic rings. The van der Waals surface area contributed by atoms with E-state index >= 15 is 0 Å². The van der Waals surface area contributed by atoms with Gasteiger partial charge in [0, 0.05) is 17.2 Å². The van der Waals surface area contributed by atoms with Crippen molar-refractivity contribution in [1.29, 1.82) is 0 Å². The number of phenolic OH excluding ortho intramolecular Hbond substituents is 1. The summed E-state index contributed by atoms with van der Waals surface area (Å²) in [5.74, 6) is -1.22. The fourth-order valence-corrected chi connectivity index (χ4v) is 2.75.